The van der Waals surface area contributed by atoms with Crippen molar-refractivity contribution in [1.29, 1.82) is 0 Å². The Hall–Kier alpha value is -2.82. The summed E-state index contributed by atoms with van der Waals surface area (Å²) in [6.45, 7) is 0. The molecule has 2 aromatic rings. The van der Waals surface area contributed by atoms with Gasteiger partial charge in [0.1, 0.15) is 6.42 Å². The Bertz CT molecular complexity index is 706. The average Bonchev–Trinajstić information content (AvgIpc) is 2.53. The molecule has 5 nitrogen and oxygen atoms in total. The van der Waals surface area contributed by atoms with E-state index in [4.69, 9.17) is 14.6 Å². The van der Waals surface area contributed by atoms with Gasteiger partial charge in [0.2, 0.25) is 0 Å². The third kappa shape index (κ3) is 3.44. The maximum atomic E-state index is 11.8. The highest BCUT2D eigenvalue weighted by Crippen LogP contribution is 2.32. The van der Waals surface area contributed by atoms with Crippen LogP contribution in [-0.4, -0.2) is 31.1 Å². The van der Waals surface area contributed by atoms with E-state index in [2.05, 4.69) is 0 Å². The van der Waals surface area contributed by atoms with E-state index in [9.17, 15) is 9.59 Å². The van der Waals surface area contributed by atoms with E-state index in [1.165, 1.54) is 0 Å². The van der Waals surface area contributed by atoms with Gasteiger partial charge in [0.05, 0.1) is 14.2 Å². The summed E-state index contributed by atoms with van der Waals surface area (Å²) >= 11 is 0. The van der Waals surface area contributed by atoms with E-state index in [1.54, 1.807) is 44.6 Å². The Labute approximate surface area is 128 Å². The van der Waals surface area contributed by atoms with Gasteiger partial charge in [-0.15, -0.1) is 0 Å². The molecule has 0 heterocycles. The van der Waals surface area contributed by atoms with Crippen molar-refractivity contribution in [1.82, 2.24) is 0 Å². The summed E-state index contributed by atoms with van der Waals surface area (Å²) in [6.07, 6.45) is -0.518. The molecule has 0 aromatic heterocycles. The maximum absolute atomic E-state index is 11.8. The predicted molar refractivity (Wildman–Crippen MR) is 81.6 cm³/mol. The van der Waals surface area contributed by atoms with Gasteiger partial charge in [0.15, 0.2) is 17.3 Å². The number of carbonyl (C=O) groups excluding carboxylic acids is 1. The second-order valence-electron chi connectivity index (χ2n) is 4.64. The Kier molecular flexibility index (Phi) is 4.78. The molecule has 5 heteroatoms. The number of aliphatic carboxylic acids is 1. The van der Waals surface area contributed by atoms with Gasteiger partial charge < -0.3 is 14.6 Å². The van der Waals surface area contributed by atoms with Crippen LogP contribution in [0, 0.1) is 0 Å². The van der Waals surface area contributed by atoms with Crippen LogP contribution in [0.3, 0.4) is 0 Å². The number of ketones is 1. The lowest BCUT2D eigenvalue weighted by Gasteiger charge is -2.10. The van der Waals surface area contributed by atoms with Gasteiger partial charge in [-0.05, 0) is 29.3 Å². The molecule has 0 spiro atoms. The third-order valence-corrected chi connectivity index (χ3v) is 3.21. The molecule has 0 unspecified atom stereocenters. The molecule has 2 rings (SSSR count). The summed E-state index contributed by atoms with van der Waals surface area (Å²) in [5.41, 5.74) is 2.02. The summed E-state index contributed by atoms with van der Waals surface area (Å²) in [7, 11) is 3.11. The molecule has 0 bridgehead atoms. The monoisotopic (exact) mass is 300 g/mol. The number of carboxylic acid groups (broad SMARTS) is 1. The Morgan fingerprint density at radius 2 is 1.64 bits per heavy atom. The van der Waals surface area contributed by atoms with Crippen molar-refractivity contribution in [2.45, 2.75) is 6.42 Å². The number of ether oxygens (including phenoxy) is 2. The second-order valence-corrected chi connectivity index (χ2v) is 4.64. The van der Waals surface area contributed by atoms with Crippen molar-refractivity contribution in [3.05, 3.63) is 48.0 Å². The fourth-order valence-corrected chi connectivity index (χ4v) is 2.13. The summed E-state index contributed by atoms with van der Waals surface area (Å²) in [6, 6.07) is 12.3. The lowest BCUT2D eigenvalue weighted by Crippen LogP contribution is -2.06. The summed E-state index contributed by atoms with van der Waals surface area (Å²) in [4.78, 5) is 22.5. The molecule has 0 aliphatic rings. The van der Waals surface area contributed by atoms with Gasteiger partial charge in [-0.25, -0.2) is 0 Å². The third-order valence-electron chi connectivity index (χ3n) is 3.21. The van der Waals surface area contributed by atoms with E-state index in [-0.39, 0.29) is 0 Å². The number of carbonyl (C=O) groups is 2. The van der Waals surface area contributed by atoms with Crippen LogP contribution in [0.25, 0.3) is 11.1 Å². The Morgan fingerprint density at radius 1 is 0.955 bits per heavy atom. The largest absolute Gasteiger partial charge is 0.493 e. The van der Waals surface area contributed by atoms with E-state index in [0.717, 1.165) is 11.1 Å². The number of rotatable bonds is 6. The Morgan fingerprint density at radius 3 is 2.27 bits per heavy atom. The zero-order valence-electron chi connectivity index (χ0n) is 12.3. The number of benzene rings is 2. The first-order chi connectivity index (χ1) is 10.5. The summed E-state index contributed by atoms with van der Waals surface area (Å²) < 4.78 is 10.4. The van der Waals surface area contributed by atoms with Crippen molar-refractivity contribution in [2.24, 2.45) is 0 Å². The lowest BCUT2D eigenvalue weighted by atomic mass is 10.00. The molecular weight excluding hydrogens is 284 g/mol. The number of methoxy groups -OCH3 is 2. The number of hydrogen-bond donors (Lipinski definition) is 1. The average molecular weight is 300 g/mol. The highest BCUT2D eigenvalue weighted by molar-refractivity contribution is 6.06. The number of hydrogen-bond acceptors (Lipinski definition) is 4. The molecule has 0 fully saturated rings. The molecule has 22 heavy (non-hydrogen) atoms. The molecule has 0 aliphatic carbocycles. The van der Waals surface area contributed by atoms with Crippen molar-refractivity contribution in [3.63, 3.8) is 0 Å². The zero-order valence-corrected chi connectivity index (χ0v) is 12.3. The van der Waals surface area contributed by atoms with Crippen molar-refractivity contribution >= 4 is 11.8 Å². The predicted octanol–water partition coefficient (Wildman–Crippen LogP) is 3.03. The van der Waals surface area contributed by atoms with Crippen LogP contribution in [0.2, 0.25) is 0 Å². The van der Waals surface area contributed by atoms with Gasteiger partial charge in [-0.1, -0.05) is 24.3 Å². The van der Waals surface area contributed by atoms with Crippen LogP contribution in [0.5, 0.6) is 11.5 Å². The summed E-state index contributed by atoms with van der Waals surface area (Å²) in [5.74, 6) is -0.358. The minimum absolute atomic E-state index is 0.370. The minimum atomic E-state index is -1.14. The first-order valence-electron chi connectivity index (χ1n) is 6.62. The molecule has 0 aliphatic heterocycles. The molecule has 0 atom stereocenters. The topological polar surface area (TPSA) is 72.8 Å². The SMILES string of the molecule is COc1ccc(-c2cccc(C(=O)CC(=O)O)c2)cc1OC. The molecule has 0 radical (unpaired) electrons. The highest BCUT2D eigenvalue weighted by atomic mass is 16.5. The quantitative estimate of drug-likeness (QED) is 0.655. The molecule has 0 amide bonds. The van der Waals surface area contributed by atoms with Gasteiger partial charge in [-0.2, -0.15) is 0 Å². The first kappa shape index (κ1) is 15.6. The zero-order chi connectivity index (χ0) is 16.1. The molecular formula is C17H16O5. The smallest absolute Gasteiger partial charge is 0.311 e. The summed E-state index contributed by atoms with van der Waals surface area (Å²) in [5, 5.41) is 8.71. The normalized spacial score (nSPS) is 10.1. The van der Waals surface area contributed by atoms with E-state index in [1.807, 2.05) is 12.1 Å². The number of Topliss-reactive ketones (excluding diaryl/α,β-unsaturated/α-hetero) is 1. The first-order valence-corrected chi connectivity index (χ1v) is 6.62. The van der Waals surface area contributed by atoms with Crippen LogP contribution in [-0.2, 0) is 4.79 Å². The second kappa shape index (κ2) is 6.76. The highest BCUT2D eigenvalue weighted by Gasteiger charge is 2.12. The van der Waals surface area contributed by atoms with E-state index in [0.29, 0.717) is 17.1 Å². The van der Waals surface area contributed by atoms with Gasteiger partial charge in [0, 0.05) is 5.56 Å². The van der Waals surface area contributed by atoms with Crippen LogP contribution in [0.15, 0.2) is 42.5 Å². The van der Waals surface area contributed by atoms with Crippen LogP contribution < -0.4 is 9.47 Å². The standard InChI is InChI=1S/C17H16O5/c1-21-15-7-6-12(9-16(15)22-2)11-4-3-5-13(8-11)14(18)10-17(19)20/h3-9H,10H2,1-2H3,(H,19,20). The fraction of sp³-hybridized carbons (Fsp3) is 0.176. The fourth-order valence-electron chi connectivity index (χ4n) is 2.13. The Balaban J connectivity index is 2.37. The molecule has 0 saturated heterocycles. The minimum Gasteiger partial charge on any atom is -0.493 e. The van der Waals surface area contributed by atoms with Crippen LogP contribution in [0.1, 0.15) is 16.8 Å². The van der Waals surface area contributed by atoms with Crippen LogP contribution >= 0.6 is 0 Å². The van der Waals surface area contributed by atoms with Crippen LogP contribution in [0.4, 0.5) is 0 Å². The van der Waals surface area contributed by atoms with Crippen molar-refractivity contribution in [2.75, 3.05) is 14.2 Å². The van der Waals surface area contributed by atoms with Gasteiger partial charge in [0.25, 0.3) is 0 Å². The van der Waals surface area contributed by atoms with Gasteiger partial charge in [-0.3, -0.25) is 9.59 Å². The van der Waals surface area contributed by atoms with E-state index >= 15 is 0 Å². The maximum Gasteiger partial charge on any atom is 0.311 e. The van der Waals surface area contributed by atoms with E-state index < -0.39 is 18.2 Å². The van der Waals surface area contributed by atoms with Gasteiger partial charge >= 0.3 is 5.97 Å². The molecule has 2 aromatic carbocycles. The van der Waals surface area contributed by atoms with Crippen molar-refractivity contribution < 1.29 is 24.2 Å². The van der Waals surface area contributed by atoms with Crippen molar-refractivity contribution in [3.8, 4) is 22.6 Å². The molecule has 0 saturated carbocycles. The molecule has 1 N–H and O–H groups in total. The number of carboxylic acids is 1. The molecule has 114 valence electrons. The lowest BCUT2D eigenvalue weighted by molar-refractivity contribution is -0.135.